The SMILES string of the molecule is [2H]C(=C=C1C(=O)N2C=CCS(=O)(=O)[C@@H]12)C(C)(C)C. The maximum atomic E-state index is 11.9. The van der Waals surface area contributed by atoms with E-state index in [-0.39, 0.29) is 23.3 Å². The van der Waals surface area contributed by atoms with Crippen LogP contribution in [-0.2, 0) is 14.6 Å². The van der Waals surface area contributed by atoms with Gasteiger partial charge in [-0.05, 0) is 11.5 Å². The first-order valence-corrected chi connectivity index (χ1v) is 7.05. The van der Waals surface area contributed by atoms with E-state index < -0.39 is 20.6 Å². The lowest BCUT2D eigenvalue weighted by molar-refractivity contribution is -0.130. The highest BCUT2D eigenvalue weighted by atomic mass is 32.2. The predicted octanol–water partition coefficient (Wildman–Crippen LogP) is 1.22. The molecule has 92 valence electrons. The van der Waals surface area contributed by atoms with Crippen LogP contribution in [0.4, 0.5) is 0 Å². The van der Waals surface area contributed by atoms with Crippen molar-refractivity contribution in [2.75, 3.05) is 5.75 Å². The number of carbonyl (C=O) groups excluding carboxylic acids is 1. The van der Waals surface area contributed by atoms with Gasteiger partial charge < -0.3 is 0 Å². The Morgan fingerprint density at radius 1 is 1.59 bits per heavy atom. The van der Waals surface area contributed by atoms with Crippen molar-refractivity contribution >= 4 is 15.7 Å². The molecule has 5 heteroatoms. The normalized spacial score (nSPS) is 26.9. The van der Waals surface area contributed by atoms with Crippen molar-refractivity contribution < 1.29 is 14.6 Å². The number of nitrogens with zero attached hydrogens (tertiary/aromatic N) is 1. The van der Waals surface area contributed by atoms with Crippen LogP contribution in [-0.4, -0.2) is 30.4 Å². The quantitative estimate of drug-likeness (QED) is 0.371. The number of sulfone groups is 1. The van der Waals surface area contributed by atoms with Crippen LogP contribution in [0.2, 0.25) is 0 Å². The summed E-state index contributed by atoms with van der Waals surface area (Å²) in [5.41, 5.74) is 2.28. The van der Waals surface area contributed by atoms with Crippen molar-refractivity contribution in [2.24, 2.45) is 5.41 Å². The molecule has 1 atom stereocenters. The summed E-state index contributed by atoms with van der Waals surface area (Å²) in [6.07, 6.45) is 2.94. The maximum Gasteiger partial charge on any atom is 0.266 e. The molecule has 4 nitrogen and oxygen atoms in total. The number of fused-ring (bicyclic) bond motifs is 1. The van der Waals surface area contributed by atoms with E-state index in [1.165, 1.54) is 17.2 Å². The molecule has 17 heavy (non-hydrogen) atoms. The zero-order chi connectivity index (χ0) is 13.7. The molecule has 0 unspecified atom stereocenters. The highest BCUT2D eigenvalue weighted by Crippen LogP contribution is 2.33. The second kappa shape index (κ2) is 3.59. The van der Waals surface area contributed by atoms with Gasteiger partial charge in [0.05, 0.1) is 12.7 Å². The molecule has 0 aromatic rings. The second-order valence-corrected chi connectivity index (χ2v) is 7.30. The summed E-state index contributed by atoms with van der Waals surface area (Å²) < 4.78 is 31.5. The van der Waals surface area contributed by atoms with Crippen molar-refractivity contribution in [3.05, 3.63) is 29.6 Å². The summed E-state index contributed by atoms with van der Waals surface area (Å²) in [5, 5.41) is -0.947. The van der Waals surface area contributed by atoms with Gasteiger partial charge in [0.15, 0.2) is 15.2 Å². The Bertz CT molecular complexity index is 604. The average molecular weight is 254 g/mol. The first-order valence-electron chi connectivity index (χ1n) is 5.83. The van der Waals surface area contributed by atoms with Gasteiger partial charge in [0.1, 0.15) is 0 Å². The molecule has 0 aromatic carbocycles. The van der Waals surface area contributed by atoms with E-state index in [1.807, 2.05) is 20.8 Å². The lowest BCUT2D eigenvalue weighted by Crippen LogP contribution is -2.57. The van der Waals surface area contributed by atoms with Gasteiger partial charge in [0, 0.05) is 6.20 Å². The summed E-state index contributed by atoms with van der Waals surface area (Å²) in [7, 11) is -3.37. The minimum absolute atomic E-state index is 0.0739. The van der Waals surface area contributed by atoms with Crippen LogP contribution in [0.3, 0.4) is 0 Å². The molecule has 2 aliphatic heterocycles. The molecular formula is C12H15NO3S. The zero-order valence-corrected chi connectivity index (χ0v) is 10.8. The fourth-order valence-electron chi connectivity index (χ4n) is 1.67. The standard InChI is InChI=1S/C12H15NO3S/c1-12(2,3)6-5-9-10(14)13-7-4-8-17(15,16)11(9)13/h4,6-7,11H,8H2,1-3H3/t5?,11-/m0/s1/i6D. The highest BCUT2D eigenvalue weighted by Gasteiger charge is 2.50. The molecule has 1 fully saturated rings. The van der Waals surface area contributed by atoms with Crippen molar-refractivity contribution in [3.8, 4) is 0 Å². The number of β-lactam (4-membered cyclic amide) rings is 1. The predicted molar refractivity (Wildman–Crippen MR) is 64.6 cm³/mol. The Labute approximate surface area is 103 Å². The van der Waals surface area contributed by atoms with Crippen LogP contribution in [0.5, 0.6) is 0 Å². The van der Waals surface area contributed by atoms with Crippen molar-refractivity contribution in [1.82, 2.24) is 4.90 Å². The molecule has 0 saturated carbocycles. The monoisotopic (exact) mass is 254 g/mol. The molecular weight excluding hydrogens is 238 g/mol. The van der Waals surface area contributed by atoms with Crippen molar-refractivity contribution in [2.45, 2.75) is 26.1 Å². The Morgan fingerprint density at radius 2 is 2.24 bits per heavy atom. The molecule has 1 amide bonds. The largest absolute Gasteiger partial charge is 0.292 e. The van der Waals surface area contributed by atoms with E-state index in [0.29, 0.717) is 0 Å². The highest BCUT2D eigenvalue weighted by molar-refractivity contribution is 7.92. The van der Waals surface area contributed by atoms with Crippen LogP contribution >= 0.6 is 0 Å². The fraction of sp³-hybridized carbons (Fsp3) is 0.500. The number of hydrogen-bond acceptors (Lipinski definition) is 3. The van der Waals surface area contributed by atoms with Crippen LogP contribution in [0.15, 0.2) is 29.6 Å². The zero-order valence-electron chi connectivity index (χ0n) is 11.0. The van der Waals surface area contributed by atoms with E-state index in [0.717, 1.165) is 0 Å². The van der Waals surface area contributed by atoms with E-state index >= 15 is 0 Å². The first kappa shape index (κ1) is 10.8. The summed E-state index contributed by atoms with van der Waals surface area (Å²) in [6.45, 7) is 5.46. The molecule has 1 saturated heterocycles. The molecule has 0 aromatic heterocycles. The van der Waals surface area contributed by atoms with Gasteiger partial charge in [-0.25, -0.2) is 8.42 Å². The molecule has 0 N–H and O–H groups in total. The van der Waals surface area contributed by atoms with E-state index in [9.17, 15) is 13.2 Å². The lowest BCUT2D eigenvalue weighted by Gasteiger charge is -2.40. The molecule has 0 aliphatic carbocycles. The third kappa shape index (κ3) is 2.08. The van der Waals surface area contributed by atoms with Gasteiger partial charge in [-0.1, -0.05) is 26.8 Å². The van der Waals surface area contributed by atoms with Gasteiger partial charge >= 0.3 is 0 Å². The number of hydrogen-bond donors (Lipinski definition) is 0. The van der Waals surface area contributed by atoms with E-state index in [1.54, 1.807) is 0 Å². The fourth-order valence-corrected chi connectivity index (χ4v) is 3.24. The Hall–Kier alpha value is -1.32. The third-order valence-electron chi connectivity index (χ3n) is 2.47. The van der Waals surface area contributed by atoms with Gasteiger partial charge in [0.25, 0.3) is 5.91 Å². The number of carbonyl (C=O) groups is 1. The van der Waals surface area contributed by atoms with Gasteiger partial charge in [-0.15, -0.1) is 5.73 Å². The minimum Gasteiger partial charge on any atom is -0.292 e. The molecule has 0 bridgehead atoms. The first-order chi connectivity index (χ1) is 8.14. The summed E-state index contributed by atoms with van der Waals surface area (Å²) >= 11 is 0. The minimum atomic E-state index is -3.37. The topological polar surface area (TPSA) is 54.5 Å². The van der Waals surface area contributed by atoms with Gasteiger partial charge in [0.2, 0.25) is 0 Å². The maximum absolute atomic E-state index is 11.9. The second-order valence-electron chi connectivity index (χ2n) is 5.19. The van der Waals surface area contributed by atoms with E-state index in [2.05, 4.69) is 5.73 Å². The van der Waals surface area contributed by atoms with Gasteiger partial charge in [-0.3, -0.25) is 9.69 Å². The molecule has 2 heterocycles. The van der Waals surface area contributed by atoms with Crippen LogP contribution in [0.25, 0.3) is 0 Å². The molecule has 0 spiro atoms. The lowest BCUT2D eigenvalue weighted by atomic mass is 9.95. The Morgan fingerprint density at radius 3 is 2.82 bits per heavy atom. The van der Waals surface area contributed by atoms with Crippen LogP contribution < -0.4 is 0 Å². The third-order valence-corrected chi connectivity index (χ3v) is 4.27. The summed E-state index contributed by atoms with van der Waals surface area (Å²) in [5.74, 6) is -0.455. The van der Waals surface area contributed by atoms with Crippen LogP contribution in [0, 0.1) is 5.41 Å². The average Bonchev–Trinajstić information content (AvgIpc) is 2.23. The van der Waals surface area contributed by atoms with E-state index in [4.69, 9.17) is 1.37 Å². The summed E-state index contributed by atoms with van der Waals surface area (Å²) in [4.78, 5) is 12.9. The Balaban J connectivity index is 2.53. The van der Waals surface area contributed by atoms with Crippen LogP contribution in [0.1, 0.15) is 22.1 Å². The number of rotatable bonds is 0. The summed E-state index contributed by atoms with van der Waals surface area (Å²) in [6, 6.07) is 0.134. The smallest absolute Gasteiger partial charge is 0.266 e. The molecule has 2 aliphatic rings. The Kier molecular flexibility index (Phi) is 2.28. The number of amides is 1. The van der Waals surface area contributed by atoms with Gasteiger partial charge in [-0.2, -0.15) is 0 Å². The van der Waals surface area contributed by atoms with Crippen molar-refractivity contribution in [1.29, 1.82) is 0 Å². The molecule has 0 radical (unpaired) electrons. The van der Waals surface area contributed by atoms with Crippen molar-refractivity contribution in [3.63, 3.8) is 0 Å². The molecule has 2 rings (SSSR count).